The van der Waals surface area contributed by atoms with Crippen LogP contribution in [0.15, 0.2) is 12.7 Å². The van der Waals surface area contributed by atoms with Crippen LogP contribution in [0.25, 0.3) is 0 Å². The molecule has 1 nitrogen and oxygen atoms in total. The standard InChI is InChI=1S/C10H17N/c1-3-7-10(11-2)8-5-4-6-9-10/h2-3,11H,1,4-9H2. The Labute approximate surface area is 69.9 Å². The van der Waals surface area contributed by atoms with Gasteiger partial charge in [0.2, 0.25) is 0 Å². The van der Waals surface area contributed by atoms with E-state index in [1.807, 2.05) is 6.08 Å². The Morgan fingerprint density at radius 2 is 2.00 bits per heavy atom. The fourth-order valence-electron chi connectivity index (χ4n) is 1.91. The van der Waals surface area contributed by atoms with E-state index >= 15 is 0 Å². The topological polar surface area (TPSA) is 12.0 Å². The van der Waals surface area contributed by atoms with Gasteiger partial charge in [0, 0.05) is 12.6 Å². The van der Waals surface area contributed by atoms with Crippen molar-refractivity contribution in [2.75, 3.05) is 0 Å². The molecule has 1 aliphatic rings. The fourth-order valence-corrected chi connectivity index (χ4v) is 1.91. The molecule has 0 atom stereocenters. The van der Waals surface area contributed by atoms with E-state index < -0.39 is 0 Å². The molecule has 1 saturated carbocycles. The lowest BCUT2D eigenvalue weighted by Crippen LogP contribution is -2.42. The molecule has 1 fully saturated rings. The number of hydrogen-bond acceptors (Lipinski definition) is 1. The van der Waals surface area contributed by atoms with Gasteiger partial charge in [-0.2, -0.15) is 0 Å². The smallest absolute Gasteiger partial charge is 0.0412 e. The van der Waals surface area contributed by atoms with Gasteiger partial charge in [-0.3, -0.25) is 0 Å². The molecule has 11 heavy (non-hydrogen) atoms. The van der Waals surface area contributed by atoms with Gasteiger partial charge in [-0.1, -0.05) is 25.3 Å². The van der Waals surface area contributed by atoms with Crippen LogP contribution < -0.4 is 5.32 Å². The molecule has 0 aliphatic heterocycles. The minimum atomic E-state index is 0.181. The molecule has 1 aliphatic carbocycles. The van der Waals surface area contributed by atoms with Crippen molar-refractivity contribution in [3.63, 3.8) is 0 Å². The summed E-state index contributed by atoms with van der Waals surface area (Å²) in [6.07, 6.45) is 9.34. The molecular formula is C10H17N. The summed E-state index contributed by atoms with van der Waals surface area (Å²) in [6, 6.07) is 0. The van der Waals surface area contributed by atoms with Gasteiger partial charge in [0.25, 0.3) is 0 Å². The van der Waals surface area contributed by atoms with Crippen molar-refractivity contribution in [2.45, 2.75) is 44.1 Å². The van der Waals surface area contributed by atoms with Crippen molar-refractivity contribution in [1.82, 2.24) is 5.32 Å². The SMILES string of the molecule is [CH]NC1(CC=C)CCCCC1. The predicted octanol–water partition coefficient (Wildman–Crippen LogP) is 2.52. The lowest BCUT2D eigenvalue weighted by molar-refractivity contribution is 0.257. The van der Waals surface area contributed by atoms with Gasteiger partial charge in [-0.25, -0.2) is 0 Å². The molecule has 0 spiro atoms. The van der Waals surface area contributed by atoms with Crippen LogP contribution in [0.4, 0.5) is 0 Å². The molecular weight excluding hydrogens is 134 g/mol. The van der Waals surface area contributed by atoms with E-state index in [1.54, 1.807) is 0 Å². The molecule has 1 rings (SSSR count). The lowest BCUT2D eigenvalue weighted by Gasteiger charge is -2.36. The maximum Gasteiger partial charge on any atom is 0.0412 e. The van der Waals surface area contributed by atoms with Gasteiger partial charge in [-0.15, -0.1) is 6.58 Å². The molecule has 0 aromatic rings. The molecule has 2 radical (unpaired) electrons. The normalized spacial score (nSPS) is 23.0. The Balaban J connectivity index is 2.49. The van der Waals surface area contributed by atoms with Crippen molar-refractivity contribution in [1.29, 1.82) is 0 Å². The van der Waals surface area contributed by atoms with Gasteiger partial charge in [0.05, 0.1) is 0 Å². The summed E-state index contributed by atoms with van der Waals surface area (Å²) in [5.74, 6) is 0. The third-order valence-electron chi connectivity index (χ3n) is 2.65. The maximum atomic E-state index is 5.53. The lowest BCUT2D eigenvalue weighted by atomic mass is 9.79. The number of rotatable bonds is 3. The van der Waals surface area contributed by atoms with Crippen LogP contribution in [-0.2, 0) is 0 Å². The first-order valence-corrected chi connectivity index (χ1v) is 4.42. The molecule has 0 heterocycles. The highest BCUT2D eigenvalue weighted by Crippen LogP contribution is 2.30. The molecule has 1 N–H and O–H groups in total. The average molecular weight is 151 g/mol. The monoisotopic (exact) mass is 151 g/mol. The van der Waals surface area contributed by atoms with E-state index in [1.165, 1.54) is 32.1 Å². The van der Waals surface area contributed by atoms with Gasteiger partial charge in [-0.05, 0) is 19.3 Å². The highest BCUT2D eigenvalue weighted by atomic mass is 14.9. The van der Waals surface area contributed by atoms with Crippen molar-refractivity contribution >= 4 is 0 Å². The third-order valence-corrected chi connectivity index (χ3v) is 2.65. The van der Waals surface area contributed by atoms with Crippen LogP contribution in [0.3, 0.4) is 0 Å². The van der Waals surface area contributed by atoms with Crippen LogP contribution >= 0.6 is 0 Å². The summed E-state index contributed by atoms with van der Waals surface area (Å²) < 4.78 is 0. The minimum Gasteiger partial charge on any atom is -0.305 e. The summed E-state index contributed by atoms with van der Waals surface area (Å²) in [6.45, 7) is 3.75. The van der Waals surface area contributed by atoms with Crippen LogP contribution in [-0.4, -0.2) is 5.54 Å². The Kier molecular flexibility index (Phi) is 3.13. The summed E-state index contributed by atoms with van der Waals surface area (Å²) >= 11 is 0. The van der Waals surface area contributed by atoms with Gasteiger partial charge in [0.1, 0.15) is 0 Å². The Hall–Kier alpha value is -0.300. The molecule has 0 aromatic carbocycles. The van der Waals surface area contributed by atoms with E-state index in [0.29, 0.717) is 0 Å². The summed E-state index contributed by atoms with van der Waals surface area (Å²) in [5.41, 5.74) is 0.181. The Bertz CT molecular complexity index is 123. The highest BCUT2D eigenvalue weighted by Gasteiger charge is 2.28. The second kappa shape index (κ2) is 3.91. The van der Waals surface area contributed by atoms with E-state index in [0.717, 1.165) is 6.42 Å². The molecule has 0 saturated heterocycles. The quantitative estimate of drug-likeness (QED) is 0.483. The molecule has 0 bridgehead atoms. The second-order valence-electron chi connectivity index (χ2n) is 3.48. The molecule has 1 heteroatoms. The zero-order valence-electron chi connectivity index (χ0n) is 7.10. The van der Waals surface area contributed by atoms with Crippen LogP contribution in [0.5, 0.6) is 0 Å². The Morgan fingerprint density at radius 3 is 2.45 bits per heavy atom. The number of nitrogens with one attached hydrogen (secondary N) is 1. The zero-order chi connectivity index (χ0) is 8.16. The summed E-state index contributed by atoms with van der Waals surface area (Å²) in [4.78, 5) is 0. The van der Waals surface area contributed by atoms with Crippen molar-refractivity contribution < 1.29 is 0 Å². The van der Waals surface area contributed by atoms with Crippen molar-refractivity contribution in [3.8, 4) is 0 Å². The van der Waals surface area contributed by atoms with E-state index in [2.05, 4.69) is 11.9 Å². The third kappa shape index (κ3) is 2.06. The largest absolute Gasteiger partial charge is 0.305 e. The zero-order valence-corrected chi connectivity index (χ0v) is 7.10. The first kappa shape index (κ1) is 8.79. The molecule has 0 aromatic heterocycles. The Morgan fingerprint density at radius 1 is 1.36 bits per heavy atom. The van der Waals surface area contributed by atoms with Gasteiger partial charge >= 0.3 is 0 Å². The van der Waals surface area contributed by atoms with Crippen LogP contribution in [0, 0.1) is 7.05 Å². The van der Waals surface area contributed by atoms with Crippen molar-refractivity contribution in [2.24, 2.45) is 0 Å². The molecule has 0 amide bonds. The summed E-state index contributed by atoms with van der Waals surface area (Å²) in [5, 5.41) is 2.95. The minimum absolute atomic E-state index is 0.181. The molecule has 0 unspecified atom stereocenters. The van der Waals surface area contributed by atoms with Crippen LogP contribution in [0.2, 0.25) is 0 Å². The van der Waals surface area contributed by atoms with Gasteiger partial charge in [0.15, 0.2) is 0 Å². The first-order valence-electron chi connectivity index (χ1n) is 4.42. The average Bonchev–Trinajstić information content (AvgIpc) is 2.07. The predicted molar refractivity (Wildman–Crippen MR) is 48.1 cm³/mol. The second-order valence-corrected chi connectivity index (χ2v) is 3.48. The van der Waals surface area contributed by atoms with E-state index in [9.17, 15) is 0 Å². The van der Waals surface area contributed by atoms with E-state index in [-0.39, 0.29) is 5.54 Å². The maximum absolute atomic E-state index is 5.53. The number of hydrogen-bond donors (Lipinski definition) is 1. The fraction of sp³-hybridized carbons (Fsp3) is 0.700. The highest BCUT2D eigenvalue weighted by molar-refractivity contribution is 4.95. The summed E-state index contributed by atoms with van der Waals surface area (Å²) in [7, 11) is 5.53. The molecule has 62 valence electrons. The van der Waals surface area contributed by atoms with Gasteiger partial charge < -0.3 is 5.32 Å². The van der Waals surface area contributed by atoms with Crippen molar-refractivity contribution in [3.05, 3.63) is 19.7 Å². The van der Waals surface area contributed by atoms with Crippen LogP contribution in [0.1, 0.15) is 38.5 Å². The first-order chi connectivity index (χ1) is 5.33. The van der Waals surface area contributed by atoms with E-state index in [4.69, 9.17) is 7.05 Å².